The van der Waals surface area contributed by atoms with Crippen molar-refractivity contribution in [3.63, 3.8) is 0 Å². The molecule has 1 fully saturated rings. The van der Waals surface area contributed by atoms with Crippen molar-refractivity contribution in [1.82, 2.24) is 15.5 Å². The van der Waals surface area contributed by atoms with Gasteiger partial charge in [0.25, 0.3) is 0 Å². The van der Waals surface area contributed by atoms with Crippen LogP contribution in [0, 0.1) is 5.92 Å². The van der Waals surface area contributed by atoms with Crippen LogP contribution in [-0.2, 0) is 11.3 Å². The average Bonchev–Trinajstić information content (AvgIpc) is 3.01. The first-order chi connectivity index (χ1) is 10.6. The van der Waals surface area contributed by atoms with Crippen LogP contribution >= 0.6 is 11.6 Å². The summed E-state index contributed by atoms with van der Waals surface area (Å²) in [4.78, 5) is 25.4. The molecular formula is C15H21ClN4O2. The van der Waals surface area contributed by atoms with Crippen molar-refractivity contribution in [2.45, 2.75) is 13.0 Å². The largest absolute Gasteiger partial charge is 0.341 e. The molecule has 1 atom stereocenters. The Bertz CT molecular complexity index is 521. The van der Waals surface area contributed by atoms with Gasteiger partial charge in [-0.1, -0.05) is 23.7 Å². The molecule has 1 heterocycles. The number of carbonyl (C=O) groups excluding carboxylic acids is 2. The number of hydrogen-bond donors (Lipinski definition) is 3. The van der Waals surface area contributed by atoms with Gasteiger partial charge in [0.2, 0.25) is 5.91 Å². The fraction of sp³-hybridized carbons (Fsp3) is 0.467. The van der Waals surface area contributed by atoms with Gasteiger partial charge >= 0.3 is 6.03 Å². The van der Waals surface area contributed by atoms with Crippen LogP contribution in [0.2, 0.25) is 5.02 Å². The Labute approximate surface area is 135 Å². The molecule has 0 spiro atoms. The maximum absolute atomic E-state index is 12.0. The number of nitrogens with zero attached hydrogens (tertiary/aromatic N) is 1. The third kappa shape index (κ3) is 4.89. The molecule has 0 radical (unpaired) electrons. The highest BCUT2D eigenvalue weighted by atomic mass is 35.5. The molecular weight excluding hydrogens is 304 g/mol. The number of benzene rings is 1. The van der Waals surface area contributed by atoms with Crippen LogP contribution in [0.3, 0.4) is 0 Å². The Morgan fingerprint density at radius 2 is 2.00 bits per heavy atom. The molecule has 0 aliphatic carbocycles. The van der Waals surface area contributed by atoms with Crippen molar-refractivity contribution in [3.05, 3.63) is 34.9 Å². The maximum Gasteiger partial charge on any atom is 0.315 e. The number of nitrogens with two attached hydrogens (primary N) is 1. The van der Waals surface area contributed by atoms with Crippen LogP contribution in [0.5, 0.6) is 0 Å². The van der Waals surface area contributed by atoms with Crippen LogP contribution in [0.1, 0.15) is 12.0 Å². The van der Waals surface area contributed by atoms with Crippen LogP contribution in [0.4, 0.5) is 4.79 Å². The van der Waals surface area contributed by atoms with Crippen LogP contribution in [0.15, 0.2) is 24.3 Å². The number of nitrogens with one attached hydrogen (secondary N) is 2. The highest BCUT2D eigenvalue weighted by molar-refractivity contribution is 6.30. The summed E-state index contributed by atoms with van der Waals surface area (Å²) < 4.78 is 0. The minimum Gasteiger partial charge on any atom is -0.341 e. The van der Waals surface area contributed by atoms with E-state index in [1.165, 1.54) is 0 Å². The number of urea groups is 1. The summed E-state index contributed by atoms with van der Waals surface area (Å²) in [5, 5.41) is 5.93. The summed E-state index contributed by atoms with van der Waals surface area (Å²) in [5.74, 6) is 0.306. The lowest BCUT2D eigenvalue weighted by Crippen LogP contribution is -2.43. The summed E-state index contributed by atoms with van der Waals surface area (Å²) >= 11 is 5.79. The van der Waals surface area contributed by atoms with Crippen LogP contribution < -0.4 is 16.4 Å². The number of carbonyl (C=O) groups is 2. The van der Waals surface area contributed by atoms with E-state index in [1.807, 2.05) is 12.1 Å². The predicted octanol–water partition coefficient (Wildman–Crippen LogP) is 0.946. The van der Waals surface area contributed by atoms with Crippen LogP contribution in [-0.4, -0.2) is 43.0 Å². The minimum absolute atomic E-state index is 0.00371. The number of rotatable bonds is 5. The van der Waals surface area contributed by atoms with Gasteiger partial charge in [0.05, 0.1) is 6.54 Å². The number of likely N-dealkylation sites (tertiary alicyclic amines) is 1. The zero-order chi connectivity index (χ0) is 15.9. The fourth-order valence-electron chi connectivity index (χ4n) is 2.37. The maximum atomic E-state index is 12.0. The van der Waals surface area contributed by atoms with Gasteiger partial charge in [-0.15, -0.1) is 0 Å². The lowest BCUT2D eigenvalue weighted by molar-refractivity contribution is -0.129. The molecule has 1 saturated heterocycles. The zero-order valence-electron chi connectivity index (χ0n) is 12.3. The number of halogens is 1. The molecule has 4 N–H and O–H groups in total. The quantitative estimate of drug-likeness (QED) is 0.753. The normalized spacial score (nSPS) is 17.4. The van der Waals surface area contributed by atoms with Crippen molar-refractivity contribution in [1.29, 1.82) is 0 Å². The van der Waals surface area contributed by atoms with Gasteiger partial charge in [0, 0.05) is 24.7 Å². The van der Waals surface area contributed by atoms with Crippen molar-refractivity contribution in [3.8, 4) is 0 Å². The van der Waals surface area contributed by atoms with Gasteiger partial charge in [-0.05, 0) is 36.6 Å². The predicted molar refractivity (Wildman–Crippen MR) is 85.4 cm³/mol. The molecule has 1 unspecified atom stereocenters. The average molecular weight is 325 g/mol. The molecule has 22 heavy (non-hydrogen) atoms. The Kier molecular flexibility index (Phi) is 6.03. The first-order valence-electron chi connectivity index (χ1n) is 7.32. The SMILES string of the molecule is NCC1CCN(C(=O)CNC(=O)NCc2ccc(Cl)cc2)C1. The fourth-order valence-corrected chi connectivity index (χ4v) is 2.49. The highest BCUT2D eigenvalue weighted by Crippen LogP contribution is 2.14. The van der Waals surface area contributed by atoms with E-state index in [1.54, 1.807) is 17.0 Å². The molecule has 1 aliphatic heterocycles. The topological polar surface area (TPSA) is 87.5 Å². The van der Waals surface area contributed by atoms with E-state index in [2.05, 4.69) is 10.6 Å². The second-order valence-corrected chi connectivity index (χ2v) is 5.83. The van der Waals surface area contributed by atoms with E-state index in [9.17, 15) is 9.59 Å². The molecule has 1 aromatic rings. The standard InChI is InChI=1S/C15H21ClN4O2/c16-13-3-1-11(2-4-13)8-18-15(22)19-9-14(21)20-6-5-12(7-17)10-20/h1-4,12H,5-10,17H2,(H2,18,19,22). The molecule has 0 saturated carbocycles. The molecule has 3 amide bonds. The smallest absolute Gasteiger partial charge is 0.315 e. The highest BCUT2D eigenvalue weighted by Gasteiger charge is 2.25. The van der Waals surface area contributed by atoms with Gasteiger partial charge < -0.3 is 21.3 Å². The second kappa shape index (κ2) is 8.00. The third-order valence-corrected chi connectivity index (χ3v) is 3.99. The van der Waals surface area contributed by atoms with E-state index in [-0.39, 0.29) is 18.5 Å². The summed E-state index contributed by atoms with van der Waals surface area (Å²) in [6, 6.07) is 6.84. The first-order valence-corrected chi connectivity index (χ1v) is 7.70. The third-order valence-electron chi connectivity index (χ3n) is 3.74. The molecule has 0 bridgehead atoms. The zero-order valence-corrected chi connectivity index (χ0v) is 13.1. The van der Waals surface area contributed by atoms with Gasteiger partial charge in [0.15, 0.2) is 0 Å². The summed E-state index contributed by atoms with van der Waals surface area (Å²) in [7, 11) is 0. The minimum atomic E-state index is -0.363. The molecule has 1 aromatic carbocycles. The molecule has 6 nitrogen and oxygen atoms in total. The molecule has 7 heteroatoms. The van der Waals surface area contributed by atoms with Crippen molar-refractivity contribution in [2.24, 2.45) is 11.7 Å². The Hall–Kier alpha value is -1.79. The Morgan fingerprint density at radius 1 is 1.27 bits per heavy atom. The first kappa shape index (κ1) is 16.6. The van der Waals surface area contributed by atoms with Crippen molar-refractivity contribution >= 4 is 23.5 Å². The van der Waals surface area contributed by atoms with Crippen molar-refractivity contribution in [2.75, 3.05) is 26.2 Å². The Balaban J connectivity index is 1.67. The van der Waals surface area contributed by atoms with E-state index in [0.717, 1.165) is 18.5 Å². The second-order valence-electron chi connectivity index (χ2n) is 5.39. The molecule has 2 rings (SSSR count). The summed E-state index contributed by atoms with van der Waals surface area (Å²) in [5.41, 5.74) is 6.54. The lowest BCUT2D eigenvalue weighted by atomic mass is 10.1. The van der Waals surface area contributed by atoms with E-state index in [4.69, 9.17) is 17.3 Å². The van der Waals surface area contributed by atoms with Gasteiger partial charge in [0.1, 0.15) is 0 Å². The number of amides is 3. The summed E-state index contributed by atoms with van der Waals surface area (Å²) in [6.07, 6.45) is 0.936. The van der Waals surface area contributed by atoms with Gasteiger partial charge in [-0.2, -0.15) is 0 Å². The van der Waals surface area contributed by atoms with Crippen molar-refractivity contribution < 1.29 is 9.59 Å². The number of hydrogen-bond acceptors (Lipinski definition) is 3. The van der Waals surface area contributed by atoms with E-state index < -0.39 is 0 Å². The lowest BCUT2D eigenvalue weighted by Gasteiger charge is -2.16. The van der Waals surface area contributed by atoms with E-state index in [0.29, 0.717) is 30.6 Å². The van der Waals surface area contributed by atoms with Gasteiger partial charge in [-0.25, -0.2) is 4.79 Å². The van der Waals surface area contributed by atoms with Gasteiger partial charge in [-0.3, -0.25) is 4.79 Å². The van der Waals surface area contributed by atoms with E-state index >= 15 is 0 Å². The molecule has 1 aliphatic rings. The molecule has 0 aromatic heterocycles. The monoisotopic (exact) mass is 324 g/mol. The van der Waals surface area contributed by atoms with Crippen LogP contribution in [0.25, 0.3) is 0 Å². The summed E-state index contributed by atoms with van der Waals surface area (Å²) in [6.45, 7) is 2.39. The Morgan fingerprint density at radius 3 is 2.64 bits per heavy atom. The molecule has 120 valence electrons.